The van der Waals surface area contributed by atoms with Crippen LogP contribution >= 0.6 is 0 Å². The molecule has 6 nitrogen and oxygen atoms in total. The van der Waals surface area contributed by atoms with Gasteiger partial charge in [0.2, 0.25) is 5.91 Å². The molecule has 0 unspecified atom stereocenters. The monoisotopic (exact) mass is 508 g/mol. The second-order valence-corrected chi connectivity index (χ2v) is 16.9. The van der Waals surface area contributed by atoms with E-state index in [-0.39, 0.29) is 11.8 Å². The van der Waals surface area contributed by atoms with Gasteiger partial charge >= 0.3 is 0 Å². The first-order chi connectivity index (χ1) is 17.8. The summed E-state index contributed by atoms with van der Waals surface area (Å²) in [5.74, 6) is 0.269. The number of carbonyl (C=O) groups excluding carboxylic acids is 1. The van der Waals surface area contributed by atoms with Gasteiger partial charge in [0.05, 0.1) is 22.3 Å². The van der Waals surface area contributed by atoms with Crippen molar-refractivity contribution in [1.82, 2.24) is 14.8 Å². The molecule has 1 N–H and O–H groups in total. The van der Waals surface area contributed by atoms with Crippen LogP contribution in [0.1, 0.15) is 34.9 Å². The van der Waals surface area contributed by atoms with Crippen molar-refractivity contribution in [2.45, 2.75) is 50.2 Å². The molecule has 2 aromatic heterocycles. The second-order valence-electron chi connectivity index (χ2n) is 11.3. The number of amides is 1. The summed E-state index contributed by atoms with van der Waals surface area (Å²) in [5.41, 5.74) is 5.58. The lowest BCUT2D eigenvalue weighted by Crippen LogP contribution is -2.22. The molecular formula is C30H32N4O2Si. The Hall–Kier alpha value is -3.55. The van der Waals surface area contributed by atoms with E-state index in [9.17, 15) is 4.79 Å². The number of nitrogens with one attached hydrogen (secondary N) is 1. The van der Waals surface area contributed by atoms with Crippen LogP contribution in [0.25, 0.3) is 23.1 Å². The highest BCUT2D eigenvalue weighted by molar-refractivity contribution is 6.76. The summed E-state index contributed by atoms with van der Waals surface area (Å²) in [6.07, 6.45) is 6.62. The highest BCUT2D eigenvalue weighted by atomic mass is 28.3. The highest BCUT2D eigenvalue weighted by Crippen LogP contribution is 2.65. The van der Waals surface area contributed by atoms with Crippen molar-refractivity contribution < 1.29 is 9.53 Å². The summed E-state index contributed by atoms with van der Waals surface area (Å²) in [4.78, 5) is 17.4. The Kier molecular flexibility index (Phi) is 5.85. The predicted octanol–water partition coefficient (Wildman–Crippen LogP) is 6.29. The van der Waals surface area contributed by atoms with Crippen molar-refractivity contribution in [3.63, 3.8) is 0 Å². The Morgan fingerprint density at radius 1 is 1.11 bits per heavy atom. The third kappa shape index (κ3) is 4.42. The first kappa shape index (κ1) is 23.8. The highest BCUT2D eigenvalue weighted by Gasteiger charge is 2.65. The average Bonchev–Trinajstić information content (AvgIpc) is 3.46. The first-order valence-electron chi connectivity index (χ1n) is 12.9. The minimum absolute atomic E-state index is 0.112. The molecule has 6 rings (SSSR count). The minimum atomic E-state index is -1.17. The topological polar surface area (TPSA) is 69.0 Å². The van der Waals surface area contributed by atoms with E-state index < -0.39 is 13.5 Å². The maximum absolute atomic E-state index is 13.0. The van der Waals surface area contributed by atoms with Crippen molar-refractivity contribution in [3.8, 4) is 0 Å². The fourth-order valence-corrected chi connectivity index (χ4v) is 6.13. The van der Waals surface area contributed by atoms with Crippen LogP contribution < -0.4 is 5.32 Å². The van der Waals surface area contributed by atoms with Crippen LogP contribution in [0.2, 0.25) is 25.7 Å². The molecule has 2 atom stereocenters. The van der Waals surface area contributed by atoms with E-state index in [0.29, 0.717) is 6.73 Å². The van der Waals surface area contributed by atoms with Crippen LogP contribution in [0, 0.1) is 0 Å². The van der Waals surface area contributed by atoms with Gasteiger partial charge in [0, 0.05) is 37.9 Å². The second kappa shape index (κ2) is 9.08. The zero-order chi connectivity index (χ0) is 25.6. The largest absolute Gasteiger partial charge is 0.360 e. The molecule has 4 aromatic rings. The molecule has 1 saturated carbocycles. The third-order valence-electron chi connectivity index (χ3n) is 7.54. The van der Waals surface area contributed by atoms with Crippen LogP contribution in [0.5, 0.6) is 0 Å². The Bertz CT molecular complexity index is 1510. The van der Waals surface area contributed by atoms with Crippen molar-refractivity contribution in [2.24, 2.45) is 0 Å². The normalized spacial score (nSPS) is 20.6. The van der Waals surface area contributed by atoms with Crippen LogP contribution in [0.15, 0.2) is 66.9 Å². The summed E-state index contributed by atoms with van der Waals surface area (Å²) in [6, 6.07) is 21.6. The van der Waals surface area contributed by atoms with Gasteiger partial charge in [0.15, 0.2) is 0 Å². The summed E-state index contributed by atoms with van der Waals surface area (Å²) in [7, 11) is -1.17. The predicted molar refractivity (Wildman–Crippen MR) is 151 cm³/mol. The molecule has 7 heteroatoms. The molecule has 1 spiro atoms. The van der Waals surface area contributed by atoms with Crippen molar-refractivity contribution in [1.29, 1.82) is 0 Å². The lowest BCUT2D eigenvalue weighted by Gasteiger charge is -2.15. The number of hydrogen-bond donors (Lipinski definition) is 1. The van der Waals surface area contributed by atoms with Gasteiger partial charge in [-0.3, -0.25) is 9.78 Å². The van der Waals surface area contributed by atoms with E-state index in [1.165, 1.54) is 5.56 Å². The van der Waals surface area contributed by atoms with Gasteiger partial charge in [-0.15, -0.1) is 0 Å². The number of rotatable bonds is 8. The Labute approximate surface area is 218 Å². The van der Waals surface area contributed by atoms with Crippen LogP contribution in [0.3, 0.4) is 0 Å². The number of para-hydroxylation sites is 1. The maximum Gasteiger partial charge on any atom is 0.235 e. The first-order valence-corrected chi connectivity index (χ1v) is 16.6. The molecule has 1 aliphatic carbocycles. The SMILES string of the molecule is C[Si](C)(C)CCOCn1nc(/C=C/c2ccccn2)c2ccc([C@@H]3C[C@@]34C(=O)Nc3ccccc34)cc21. The lowest BCUT2D eigenvalue weighted by molar-refractivity contribution is -0.118. The Morgan fingerprint density at radius 2 is 1.95 bits per heavy atom. The van der Waals surface area contributed by atoms with Crippen molar-refractivity contribution in [2.75, 3.05) is 11.9 Å². The number of carbonyl (C=O) groups is 1. The molecule has 2 aliphatic rings. The number of anilines is 1. The van der Waals surface area contributed by atoms with E-state index >= 15 is 0 Å². The summed E-state index contributed by atoms with van der Waals surface area (Å²) < 4.78 is 8.04. The molecule has 1 fully saturated rings. The summed E-state index contributed by atoms with van der Waals surface area (Å²) in [6.45, 7) is 8.21. The van der Waals surface area contributed by atoms with E-state index in [1.807, 2.05) is 53.2 Å². The van der Waals surface area contributed by atoms with E-state index in [4.69, 9.17) is 9.84 Å². The van der Waals surface area contributed by atoms with Gasteiger partial charge in [0.25, 0.3) is 0 Å². The van der Waals surface area contributed by atoms with Gasteiger partial charge in [-0.1, -0.05) is 56.0 Å². The summed E-state index contributed by atoms with van der Waals surface area (Å²) >= 11 is 0. The molecule has 1 aliphatic heterocycles. The molecule has 2 aromatic carbocycles. The molecule has 1 amide bonds. The number of nitrogens with zero attached hydrogens (tertiary/aromatic N) is 3. The minimum Gasteiger partial charge on any atom is -0.360 e. The van der Waals surface area contributed by atoms with Gasteiger partial charge in [-0.2, -0.15) is 5.10 Å². The van der Waals surface area contributed by atoms with Crippen LogP contribution in [0.4, 0.5) is 5.69 Å². The third-order valence-corrected chi connectivity index (χ3v) is 9.24. The Morgan fingerprint density at radius 3 is 2.76 bits per heavy atom. The average molecular weight is 509 g/mol. The zero-order valence-electron chi connectivity index (χ0n) is 21.6. The molecule has 0 radical (unpaired) electrons. The molecule has 3 heterocycles. The number of ether oxygens (including phenoxy) is 1. The molecule has 37 heavy (non-hydrogen) atoms. The fourth-order valence-electron chi connectivity index (χ4n) is 5.37. The van der Waals surface area contributed by atoms with Crippen molar-refractivity contribution >= 4 is 42.7 Å². The molecule has 188 valence electrons. The number of fused-ring (bicyclic) bond motifs is 3. The molecular weight excluding hydrogens is 476 g/mol. The maximum atomic E-state index is 13.0. The van der Waals surface area contributed by atoms with E-state index in [1.54, 1.807) is 6.20 Å². The zero-order valence-corrected chi connectivity index (χ0v) is 22.6. The standard InChI is InChI=1S/C30H32N4O2Si/c1-37(2,3)17-16-36-20-34-28-18-21(25-19-30(25)24-9-4-5-10-27(24)32-29(30)35)11-13-23(28)26(33-34)14-12-22-8-6-7-15-31-22/h4-15,18,25H,16-17,19-20H2,1-3H3,(H,32,35)/b14-12+/t25-,30-/m0/s1. The number of pyridine rings is 1. The van der Waals surface area contributed by atoms with Crippen molar-refractivity contribution in [3.05, 3.63) is 89.4 Å². The Balaban J connectivity index is 1.33. The summed E-state index contributed by atoms with van der Waals surface area (Å²) in [5, 5.41) is 9.07. The fraction of sp³-hybridized carbons (Fsp3) is 0.300. The number of hydrogen-bond acceptors (Lipinski definition) is 4. The smallest absolute Gasteiger partial charge is 0.235 e. The van der Waals surface area contributed by atoms with Crippen LogP contribution in [-0.2, 0) is 21.7 Å². The van der Waals surface area contributed by atoms with Gasteiger partial charge in [0.1, 0.15) is 6.73 Å². The molecule has 0 bridgehead atoms. The van der Waals surface area contributed by atoms with Gasteiger partial charge < -0.3 is 10.1 Å². The quantitative estimate of drug-likeness (QED) is 0.224. The van der Waals surface area contributed by atoms with Gasteiger partial charge in [-0.05, 0) is 60.0 Å². The van der Waals surface area contributed by atoms with E-state index in [0.717, 1.165) is 52.6 Å². The van der Waals surface area contributed by atoms with E-state index in [2.05, 4.69) is 54.2 Å². The number of aromatic nitrogens is 3. The lowest BCUT2D eigenvalue weighted by atomic mass is 9.92. The van der Waals surface area contributed by atoms with Crippen LogP contribution in [-0.4, -0.2) is 35.4 Å². The van der Waals surface area contributed by atoms with Gasteiger partial charge in [-0.25, -0.2) is 4.68 Å². The number of benzene rings is 2. The molecule has 0 saturated heterocycles.